The van der Waals surface area contributed by atoms with E-state index in [1.165, 1.54) is 35.1 Å². The number of hydrogen-bond donors (Lipinski definition) is 2. The molecule has 14 nitrogen and oxygen atoms in total. The van der Waals surface area contributed by atoms with Crippen LogP contribution in [0, 0.1) is 0 Å². The maximum Gasteiger partial charge on any atom is 0.416 e. The highest BCUT2D eigenvalue weighted by molar-refractivity contribution is 6.30. The number of alkyl halides is 3. The number of carbonyl (C=O) groups is 2. The first-order valence-corrected chi connectivity index (χ1v) is 13.6. The fourth-order valence-electron chi connectivity index (χ4n) is 4.44. The number of hydrogen-bond acceptors (Lipinski definition) is 10. The van der Waals surface area contributed by atoms with E-state index in [1.54, 1.807) is 24.0 Å². The van der Waals surface area contributed by atoms with Crippen molar-refractivity contribution in [1.29, 1.82) is 0 Å². The second-order valence-electron chi connectivity index (χ2n) is 9.54. The van der Waals surface area contributed by atoms with E-state index >= 15 is 0 Å². The summed E-state index contributed by atoms with van der Waals surface area (Å²) in [7, 11) is 0. The van der Waals surface area contributed by atoms with Crippen LogP contribution >= 0.6 is 11.6 Å². The van der Waals surface area contributed by atoms with Gasteiger partial charge in [0.15, 0.2) is 23.4 Å². The number of halogens is 4. The third-order valence-corrected chi connectivity index (χ3v) is 6.74. The van der Waals surface area contributed by atoms with Gasteiger partial charge in [-0.05, 0) is 43.3 Å². The monoisotopic (exact) mass is 635 g/mol. The van der Waals surface area contributed by atoms with E-state index in [2.05, 4.69) is 25.5 Å². The summed E-state index contributed by atoms with van der Waals surface area (Å²) in [4.78, 5) is 48.5. The third kappa shape index (κ3) is 6.42. The van der Waals surface area contributed by atoms with E-state index < -0.39 is 37.0 Å². The number of benzene rings is 1. The molecule has 1 aliphatic heterocycles. The lowest BCUT2D eigenvalue weighted by Gasteiger charge is -2.27. The van der Waals surface area contributed by atoms with Crippen LogP contribution in [0.3, 0.4) is 0 Å². The van der Waals surface area contributed by atoms with Gasteiger partial charge < -0.3 is 20.1 Å². The number of amides is 1. The van der Waals surface area contributed by atoms with Crippen LogP contribution < -0.4 is 15.9 Å². The first kappa shape index (κ1) is 30.7. The average Bonchev–Trinajstić information content (AvgIpc) is 3.54. The quantitative estimate of drug-likeness (QED) is 0.257. The van der Waals surface area contributed by atoms with Crippen LogP contribution in [0.1, 0.15) is 23.2 Å². The summed E-state index contributed by atoms with van der Waals surface area (Å²) in [5.41, 5.74) is -0.602. The van der Waals surface area contributed by atoms with Crippen LogP contribution in [-0.4, -0.2) is 89.6 Å². The lowest BCUT2D eigenvalue weighted by atomic mass is 10.2. The van der Waals surface area contributed by atoms with E-state index in [4.69, 9.17) is 16.3 Å². The number of carbonyl (C=O) groups excluding carboxylic acids is 2. The van der Waals surface area contributed by atoms with Crippen molar-refractivity contribution in [2.24, 2.45) is 0 Å². The van der Waals surface area contributed by atoms with Gasteiger partial charge in [0.05, 0.1) is 19.7 Å². The van der Waals surface area contributed by atoms with Crippen LogP contribution in [0.25, 0.3) is 17.1 Å². The first-order valence-electron chi connectivity index (χ1n) is 13.2. The van der Waals surface area contributed by atoms with Crippen LogP contribution in [0.4, 0.5) is 19.1 Å². The van der Waals surface area contributed by atoms with Gasteiger partial charge >= 0.3 is 17.8 Å². The first-order chi connectivity index (χ1) is 21.0. The summed E-state index contributed by atoms with van der Waals surface area (Å²) < 4.78 is 47.7. The minimum atomic E-state index is -4.99. The standard InChI is InChI=1S/C26H25ClF3N9O5/c1-2-44-23(42)21-17(4-3-9-32-21)39-24(36-11-10-31-20(41)14-36)33-19(34-39)13-38-25(43)37(12-18(40)26(28,29)30)22(35-38)15-5-7-16(27)8-6-15/h3-9,18,40H,2,10-14H2,1H3,(H,31,41). The maximum atomic E-state index is 13.4. The van der Waals surface area contributed by atoms with Crippen molar-refractivity contribution in [3.63, 3.8) is 0 Å². The average molecular weight is 636 g/mol. The molecule has 1 amide bonds. The molecule has 4 aromatic rings. The topological polar surface area (TPSA) is 162 Å². The summed E-state index contributed by atoms with van der Waals surface area (Å²) in [6.45, 7) is 0.740. The van der Waals surface area contributed by atoms with E-state index in [1.807, 2.05) is 0 Å². The summed E-state index contributed by atoms with van der Waals surface area (Å²) in [6.07, 6.45) is -6.44. The molecule has 1 fully saturated rings. The lowest BCUT2D eigenvalue weighted by Crippen LogP contribution is -2.48. The van der Waals surface area contributed by atoms with Crippen molar-refractivity contribution in [3.05, 3.63) is 69.6 Å². The highest BCUT2D eigenvalue weighted by atomic mass is 35.5. The zero-order chi connectivity index (χ0) is 31.6. The number of esters is 1. The normalized spacial score (nSPS) is 14.4. The molecule has 0 saturated carbocycles. The molecule has 3 aromatic heterocycles. The molecule has 44 heavy (non-hydrogen) atoms. The predicted molar refractivity (Wildman–Crippen MR) is 148 cm³/mol. The molecule has 0 spiro atoms. The molecule has 5 rings (SSSR count). The minimum absolute atomic E-state index is 0.0181. The predicted octanol–water partition coefficient (Wildman–Crippen LogP) is 1.43. The number of piperazine rings is 1. The number of aliphatic hydroxyl groups is 1. The van der Waals surface area contributed by atoms with Crippen LogP contribution in [-0.2, 0) is 22.6 Å². The number of rotatable bonds is 9. The van der Waals surface area contributed by atoms with E-state index in [9.17, 15) is 32.7 Å². The lowest BCUT2D eigenvalue weighted by molar-refractivity contribution is -0.207. The molecular weight excluding hydrogens is 611 g/mol. The van der Waals surface area contributed by atoms with Crippen molar-refractivity contribution >= 4 is 29.4 Å². The second-order valence-corrected chi connectivity index (χ2v) is 9.98. The van der Waals surface area contributed by atoms with Crippen LogP contribution in [0.2, 0.25) is 5.02 Å². The molecule has 1 saturated heterocycles. The maximum absolute atomic E-state index is 13.4. The highest BCUT2D eigenvalue weighted by Gasteiger charge is 2.39. The van der Waals surface area contributed by atoms with Crippen molar-refractivity contribution < 1.29 is 32.6 Å². The van der Waals surface area contributed by atoms with E-state index in [0.717, 1.165) is 4.68 Å². The number of aliphatic hydroxyl groups excluding tert-OH is 1. The van der Waals surface area contributed by atoms with Gasteiger partial charge in [-0.15, -0.1) is 10.2 Å². The van der Waals surface area contributed by atoms with Gasteiger partial charge in [0, 0.05) is 29.9 Å². The SMILES string of the molecule is CCOC(=O)c1ncccc1-n1nc(Cn2nc(-c3ccc(Cl)cc3)n(CC(O)C(F)(F)F)c2=O)nc1N1CCNC(=O)C1. The Balaban J connectivity index is 1.60. The molecule has 1 unspecified atom stereocenters. The molecule has 2 N–H and O–H groups in total. The fourth-order valence-corrected chi connectivity index (χ4v) is 4.57. The number of nitrogens with one attached hydrogen (secondary N) is 1. The molecular formula is C26H25ClF3N9O5. The van der Waals surface area contributed by atoms with Crippen molar-refractivity contribution in [1.82, 2.24) is 39.4 Å². The summed E-state index contributed by atoms with van der Waals surface area (Å²) >= 11 is 5.95. The smallest absolute Gasteiger partial charge is 0.416 e. The Kier molecular flexibility index (Phi) is 8.68. The zero-order valence-corrected chi connectivity index (χ0v) is 23.8. The second kappa shape index (κ2) is 12.5. The molecule has 232 valence electrons. The number of aromatic nitrogens is 7. The Hall–Kier alpha value is -4.77. The Morgan fingerprint density at radius 2 is 1.93 bits per heavy atom. The number of pyridine rings is 1. The van der Waals surface area contributed by atoms with Gasteiger partial charge in [-0.25, -0.2) is 19.3 Å². The largest absolute Gasteiger partial charge is 0.461 e. The number of ether oxygens (including phenoxy) is 1. The van der Waals surface area contributed by atoms with Crippen LogP contribution in [0.5, 0.6) is 0 Å². The summed E-state index contributed by atoms with van der Waals surface area (Å²) in [6, 6.07) is 8.99. The van der Waals surface area contributed by atoms with Crippen molar-refractivity contribution in [3.8, 4) is 17.1 Å². The van der Waals surface area contributed by atoms with Gasteiger partial charge in [0.25, 0.3) is 0 Å². The Morgan fingerprint density at radius 3 is 2.61 bits per heavy atom. The van der Waals surface area contributed by atoms with Crippen LogP contribution in [0.15, 0.2) is 47.4 Å². The molecule has 1 aromatic carbocycles. The van der Waals surface area contributed by atoms with Gasteiger partial charge in [0.2, 0.25) is 11.9 Å². The zero-order valence-electron chi connectivity index (χ0n) is 23.0. The van der Waals surface area contributed by atoms with Crippen molar-refractivity contribution in [2.45, 2.75) is 32.3 Å². The van der Waals surface area contributed by atoms with Gasteiger partial charge in [-0.2, -0.15) is 22.8 Å². The van der Waals surface area contributed by atoms with Gasteiger partial charge in [0.1, 0.15) is 12.2 Å². The molecule has 18 heteroatoms. The minimum Gasteiger partial charge on any atom is -0.461 e. The molecule has 0 bridgehead atoms. The Labute approximate surface area is 251 Å². The molecule has 1 aliphatic rings. The van der Waals surface area contributed by atoms with Gasteiger partial charge in [-0.1, -0.05) is 11.6 Å². The number of nitrogens with zero attached hydrogens (tertiary/aromatic N) is 8. The van der Waals surface area contributed by atoms with E-state index in [0.29, 0.717) is 22.7 Å². The molecule has 0 aliphatic carbocycles. The van der Waals surface area contributed by atoms with Gasteiger partial charge in [-0.3, -0.25) is 9.36 Å². The third-order valence-electron chi connectivity index (χ3n) is 6.49. The Morgan fingerprint density at radius 1 is 1.18 bits per heavy atom. The van der Waals surface area contributed by atoms with Crippen molar-refractivity contribution in [2.75, 3.05) is 31.1 Å². The molecule has 0 radical (unpaired) electrons. The fraction of sp³-hybridized carbons (Fsp3) is 0.346. The summed E-state index contributed by atoms with van der Waals surface area (Å²) in [5.74, 6) is -1.04. The molecule has 1 atom stereocenters. The molecule has 4 heterocycles. The van der Waals surface area contributed by atoms with E-state index in [-0.39, 0.29) is 53.6 Å². The Bertz CT molecular complexity index is 1740. The number of anilines is 1. The summed E-state index contributed by atoms with van der Waals surface area (Å²) in [5, 5.41) is 21.5. The highest BCUT2D eigenvalue weighted by Crippen LogP contribution is 2.25.